The van der Waals surface area contributed by atoms with Gasteiger partial charge in [-0.05, 0) is 25.5 Å². The van der Waals surface area contributed by atoms with Crippen molar-refractivity contribution < 1.29 is 4.79 Å². The lowest BCUT2D eigenvalue weighted by atomic mass is 10.1. The summed E-state index contributed by atoms with van der Waals surface area (Å²) in [5.74, 6) is 0.716. The number of amides is 1. The lowest BCUT2D eigenvalue weighted by molar-refractivity contribution is -0.130. The second-order valence-corrected chi connectivity index (χ2v) is 6.34. The van der Waals surface area contributed by atoms with Crippen LogP contribution in [0.15, 0.2) is 30.3 Å². The summed E-state index contributed by atoms with van der Waals surface area (Å²) in [6.45, 7) is 6.53. The van der Waals surface area contributed by atoms with E-state index in [2.05, 4.69) is 16.0 Å². The van der Waals surface area contributed by atoms with Gasteiger partial charge in [0.2, 0.25) is 11.9 Å². The van der Waals surface area contributed by atoms with Crippen LogP contribution in [0.4, 0.5) is 5.95 Å². The molecule has 0 N–H and O–H groups in total. The van der Waals surface area contributed by atoms with E-state index in [4.69, 9.17) is 5.26 Å². The molecule has 0 unspecified atom stereocenters. The standard InChI is InChI=1S/C19H21N5O/c1-14-3-5-16(6-4-14)12-18(25)23-7-9-24(10-8-23)19-21-15(2)11-17(13-20)22-19/h3-6,11H,7-10,12H2,1-2H3. The van der Waals surface area contributed by atoms with Gasteiger partial charge in [0.05, 0.1) is 6.42 Å². The van der Waals surface area contributed by atoms with Gasteiger partial charge >= 0.3 is 0 Å². The Balaban J connectivity index is 1.60. The molecule has 1 amide bonds. The largest absolute Gasteiger partial charge is 0.339 e. The number of carbonyl (C=O) groups excluding carboxylic acids is 1. The molecular weight excluding hydrogens is 314 g/mol. The van der Waals surface area contributed by atoms with E-state index in [1.807, 2.05) is 47.9 Å². The number of carbonyl (C=O) groups is 1. The molecular formula is C19H21N5O. The van der Waals surface area contributed by atoms with Crippen LogP contribution >= 0.6 is 0 Å². The molecule has 6 nitrogen and oxygen atoms in total. The minimum Gasteiger partial charge on any atom is -0.339 e. The highest BCUT2D eigenvalue weighted by Gasteiger charge is 2.23. The number of hydrogen-bond acceptors (Lipinski definition) is 5. The van der Waals surface area contributed by atoms with Crippen molar-refractivity contribution in [1.29, 1.82) is 5.26 Å². The topological polar surface area (TPSA) is 73.1 Å². The molecule has 1 aliphatic heterocycles. The minimum absolute atomic E-state index is 0.145. The van der Waals surface area contributed by atoms with Gasteiger partial charge in [0, 0.05) is 31.9 Å². The molecule has 6 heteroatoms. The summed E-state index contributed by atoms with van der Waals surface area (Å²) < 4.78 is 0. The van der Waals surface area contributed by atoms with Crippen LogP contribution in [0.25, 0.3) is 0 Å². The van der Waals surface area contributed by atoms with E-state index < -0.39 is 0 Å². The number of hydrogen-bond donors (Lipinski definition) is 0. The van der Waals surface area contributed by atoms with Gasteiger partial charge in [0.1, 0.15) is 11.8 Å². The molecule has 0 bridgehead atoms. The second-order valence-electron chi connectivity index (χ2n) is 6.34. The van der Waals surface area contributed by atoms with Crippen LogP contribution in [0.1, 0.15) is 22.5 Å². The minimum atomic E-state index is 0.145. The molecule has 0 radical (unpaired) electrons. The molecule has 3 rings (SSSR count). The zero-order valence-electron chi connectivity index (χ0n) is 14.6. The van der Waals surface area contributed by atoms with Crippen molar-refractivity contribution in [3.8, 4) is 6.07 Å². The van der Waals surface area contributed by atoms with E-state index in [9.17, 15) is 4.79 Å². The number of piperazine rings is 1. The van der Waals surface area contributed by atoms with Crippen LogP contribution in [0.3, 0.4) is 0 Å². The van der Waals surface area contributed by atoms with E-state index in [1.54, 1.807) is 6.07 Å². The second kappa shape index (κ2) is 7.31. The molecule has 0 spiro atoms. The van der Waals surface area contributed by atoms with Crippen molar-refractivity contribution in [2.45, 2.75) is 20.3 Å². The summed E-state index contributed by atoms with van der Waals surface area (Å²) in [6.07, 6.45) is 0.430. The third-order valence-electron chi connectivity index (χ3n) is 4.35. The fourth-order valence-electron chi connectivity index (χ4n) is 2.90. The third kappa shape index (κ3) is 4.13. The Kier molecular flexibility index (Phi) is 4.94. The molecule has 0 saturated carbocycles. The Bertz CT molecular complexity index is 802. The first-order valence-corrected chi connectivity index (χ1v) is 8.39. The van der Waals surface area contributed by atoms with E-state index in [-0.39, 0.29) is 5.91 Å². The monoisotopic (exact) mass is 335 g/mol. The van der Waals surface area contributed by atoms with Gasteiger partial charge in [-0.2, -0.15) is 5.26 Å². The van der Waals surface area contributed by atoms with E-state index in [0.29, 0.717) is 44.2 Å². The number of aromatic nitrogens is 2. The summed E-state index contributed by atoms with van der Waals surface area (Å²) in [5.41, 5.74) is 3.39. The quantitative estimate of drug-likeness (QED) is 0.856. The Morgan fingerprint density at radius 1 is 1.12 bits per heavy atom. The van der Waals surface area contributed by atoms with Crippen molar-refractivity contribution in [2.75, 3.05) is 31.1 Å². The molecule has 128 valence electrons. The summed E-state index contributed by atoms with van der Waals surface area (Å²) in [4.78, 5) is 25.1. The summed E-state index contributed by atoms with van der Waals surface area (Å²) in [5, 5.41) is 9.05. The van der Waals surface area contributed by atoms with Gasteiger partial charge < -0.3 is 9.80 Å². The summed E-state index contributed by atoms with van der Waals surface area (Å²) >= 11 is 0. The first kappa shape index (κ1) is 16.9. The van der Waals surface area contributed by atoms with Gasteiger partial charge in [-0.3, -0.25) is 4.79 Å². The molecule has 0 aliphatic carbocycles. The smallest absolute Gasteiger partial charge is 0.227 e. The van der Waals surface area contributed by atoms with E-state index >= 15 is 0 Å². The average Bonchev–Trinajstić information content (AvgIpc) is 2.63. The summed E-state index contributed by atoms with van der Waals surface area (Å²) in [6, 6.07) is 11.8. The Morgan fingerprint density at radius 2 is 1.80 bits per heavy atom. The first-order valence-electron chi connectivity index (χ1n) is 8.39. The zero-order chi connectivity index (χ0) is 17.8. The van der Waals surface area contributed by atoms with Crippen molar-refractivity contribution >= 4 is 11.9 Å². The molecule has 1 aromatic carbocycles. The maximum Gasteiger partial charge on any atom is 0.227 e. The van der Waals surface area contributed by atoms with Crippen LogP contribution in [-0.4, -0.2) is 47.0 Å². The van der Waals surface area contributed by atoms with Crippen molar-refractivity contribution in [3.05, 3.63) is 52.8 Å². The van der Waals surface area contributed by atoms with Crippen molar-refractivity contribution in [2.24, 2.45) is 0 Å². The van der Waals surface area contributed by atoms with Gasteiger partial charge in [-0.1, -0.05) is 29.8 Å². The van der Waals surface area contributed by atoms with Gasteiger partial charge in [0.25, 0.3) is 0 Å². The molecule has 0 atom stereocenters. The maximum atomic E-state index is 12.5. The fraction of sp³-hybridized carbons (Fsp3) is 0.368. The van der Waals surface area contributed by atoms with E-state index in [0.717, 1.165) is 11.3 Å². The van der Waals surface area contributed by atoms with Gasteiger partial charge in [-0.15, -0.1) is 0 Å². The van der Waals surface area contributed by atoms with Gasteiger partial charge in [-0.25, -0.2) is 9.97 Å². The van der Waals surface area contributed by atoms with Crippen LogP contribution in [-0.2, 0) is 11.2 Å². The predicted octanol–water partition coefficient (Wildman–Crippen LogP) is 1.86. The fourth-order valence-corrected chi connectivity index (χ4v) is 2.90. The van der Waals surface area contributed by atoms with E-state index in [1.165, 1.54) is 5.56 Å². The molecule has 1 fully saturated rings. The number of rotatable bonds is 3. The van der Waals surface area contributed by atoms with Crippen LogP contribution < -0.4 is 4.90 Å². The number of aryl methyl sites for hydroxylation is 2. The number of anilines is 1. The van der Waals surface area contributed by atoms with Crippen LogP contribution in [0.5, 0.6) is 0 Å². The number of benzene rings is 1. The van der Waals surface area contributed by atoms with Crippen LogP contribution in [0.2, 0.25) is 0 Å². The molecule has 2 heterocycles. The summed E-state index contributed by atoms with van der Waals surface area (Å²) in [7, 11) is 0. The molecule has 1 saturated heterocycles. The van der Waals surface area contributed by atoms with Gasteiger partial charge in [0.15, 0.2) is 0 Å². The molecule has 1 aliphatic rings. The first-order chi connectivity index (χ1) is 12.0. The number of nitriles is 1. The molecule has 1 aromatic heterocycles. The average molecular weight is 335 g/mol. The third-order valence-corrected chi connectivity index (χ3v) is 4.35. The predicted molar refractivity (Wildman–Crippen MR) is 95.2 cm³/mol. The van der Waals surface area contributed by atoms with Crippen molar-refractivity contribution in [3.63, 3.8) is 0 Å². The molecule has 25 heavy (non-hydrogen) atoms. The molecule has 2 aromatic rings. The number of nitrogens with zero attached hydrogens (tertiary/aromatic N) is 5. The SMILES string of the molecule is Cc1ccc(CC(=O)N2CCN(c3nc(C)cc(C#N)n3)CC2)cc1. The highest BCUT2D eigenvalue weighted by Crippen LogP contribution is 2.14. The maximum absolute atomic E-state index is 12.5. The van der Waals surface area contributed by atoms with Crippen molar-refractivity contribution in [1.82, 2.24) is 14.9 Å². The Hall–Kier alpha value is -2.94. The zero-order valence-corrected chi connectivity index (χ0v) is 14.6. The highest BCUT2D eigenvalue weighted by atomic mass is 16.2. The lowest BCUT2D eigenvalue weighted by Gasteiger charge is -2.35. The Morgan fingerprint density at radius 3 is 2.44 bits per heavy atom. The lowest BCUT2D eigenvalue weighted by Crippen LogP contribution is -2.49. The van der Waals surface area contributed by atoms with Crippen LogP contribution in [0, 0.1) is 25.2 Å². The normalized spacial score (nSPS) is 14.3. The Labute approximate surface area is 147 Å². The highest BCUT2D eigenvalue weighted by molar-refractivity contribution is 5.79.